The normalized spacial score (nSPS) is 10.2. The lowest BCUT2D eigenvalue weighted by atomic mass is 10.1. The van der Waals surface area contributed by atoms with E-state index in [4.69, 9.17) is 4.74 Å². The van der Waals surface area contributed by atoms with Gasteiger partial charge < -0.3 is 4.74 Å². The highest BCUT2D eigenvalue weighted by Gasteiger charge is 2.18. The summed E-state index contributed by atoms with van der Waals surface area (Å²) >= 11 is 0. The molecule has 1 N–H and O–H groups in total. The van der Waals surface area contributed by atoms with Gasteiger partial charge in [-0.15, -0.1) is 0 Å². The number of nitro groups is 1. The maximum absolute atomic E-state index is 11.7. The number of esters is 1. The average Bonchev–Trinajstić information content (AvgIpc) is 2.88. The number of hydrogen-bond acceptors (Lipinski definition) is 5. The molecule has 0 aliphatic carbocycles. The number of nitrogens with zero attached hydrogens (tertiary/aromatic N) is 2. The van der Waals surface area contributed by atoms with E-state index in [0.29, 0.717) is 11.3 Å². The summed E-state index contributed by atoms with van der Waals surface area (Å²) in [6.07, 6.45) is 1.41. The van der Waals surface area contributed by atoms with Crippen molar-refractivity contribution >= 4 is 11.7 Å². The smallest absolute Gasteiger partial charge is 0.341 e. The Morgan fingerprint density at radius 1 is 1.53 bits per heavy atom. The van der Waals surface area contributed by atoms with Gasteiger partial charge in [-0.3, -0.25) is 15.2 Å². The molecule has 2 rings (SSSR count). The molecule has 1 aromatic heterocycles. The standard InChI is InChI=1S/C12H11N3O4/c1-2-19-12(16)10-7-13-14-11(10)8-4-3-5-9(6-8)15(17)18/h3-7H,2H2,1H3,(H,13,14). The van der Waals surface area contributed by atoms with Crippen LogP contribution in [-0.4, -0.2) is 27.7 Å². The summed E-state index contributed by atoms with van der Waals surface area (Å²) in [6.45, 7) is 1.95. The number of non-ortho nitro benzene ring substituents is 1. The topological polar surface area (TPSA) is 98.1 Å². The molecule has 0 spiro atoms. The number of carbonyl (C=O) groups is 1. The van der Waals surface area contributed by atoms with Crippen LogP contribution in [0.3, 0.4) is 0 Å². The van der Waals surface area contributed by atoms with E-state index in [1.54, 1.807) is 13.0 Å². The van der Waals surface area contributed by atoms with Gasteiger partial charge in [-0.1, -0.05) is 12.1 Å². The molecule has 0 aliphatic rings. The van der Waals surface area contributed by atoms with Gasteiger partial charge in [0.15, 0.2) is 0 Å². The second-order valence-electron chi connectivity index (χ2n) is 3.68. The Balaban J connectivity index is 2.42. The highest BCUT2D eigenvalue weighted by atomic mass is 16.6. The van der Waals surface area contributed by atoms with Gasteiger partial charge in [0.1, 0.15) is 11.3 Å². The van der Waals surface area contributed by atoms with Gasteiger partial charge in [-0.25, -0.2) is 4.79 Å². The first-order valence-corrected chi connectivity index (χ1v) is 5.59. The fourth-order valence-corrected chi connectivity index (χ4v) is 1.64. The fraction of sp³-hybridized carbons (Fsp3) is 0.167. The molecule has 0 fully saturated rings. The molecule has 7 heteroatoms. The van der Waals surface area contributed by atoms with Crippen LogP contribution in [0.5, 0.6) is 0 Å². The van der Waals surface area contributed by atoms with Crippen LogP contribution >= 0.6 is 0 Å². The van der Waals surface area contributed by atoms with Crippen molar-refractivity contribution < 1.29 is 14.5 Å². The molecule has 0 amide bonds. The lowest BCUT2D eigenvalue weighted by molar-refractivity contribution is -0.384. The van der Waals surface area contributed by atoms with Crippen LogP contribution in [0, 0.1) is 10.1 Å². The van der Waals surface area contributed by atoms with Gasteiger partial charge in [0, 0.05) is 23.9 Å². The van der Waals surface area contributed by atoms with Crippen LogP contribution in [0.15, 0.2) is 30.5 Å². The van der Waals surface area contributed by atoms with Crippen molar-refractivity contribution in [1.29, 1.82) is 0 Å². The van der Waals surface area contributed by atoms with Crippen LogP contribution in [0.2, 0.25) is 0 Å². The number of rotatable bonds is 4. The van der Waals surface area contributed by atoms with Crippen molar-refractivity contribution in [2.24, 2.45) is 0 Å². The van der Waals surface area contributed by atoms with Crippen molar-refractivity contribution in [2.75, 3.05) is 6.61 Å². The highest BCUT2D eigenvalue weighted by molar-refractivity contribution is 5.96. The minimum absolute atomic E-state index is 0.0599. The lowest BCUT2D eigenvalue weighted by Crippen LogP contribution is -2.05. The summed E-state index contributed by atoms with van der Waals surface area (Å²) in [4.78, 5) is 21.9. The second-order valence-corrected chi connectivity index (χ2v) is 3.68. The Morgan fingerprint density at radius 2 is 2.32 bits per heavy atom. The molecule has 2 aromatic rings. The lowest BCUT2D eigenvalue weighted by Gasteiger charge is -2.02. The Hall–Kier alpha value is -2.70. The van der Waals surface area contributed by atoms with Crippen molar-refractivity contribution in [3.63, 3.8) is 0 Å². The van der Waals surface area contributed by atoms with Crippen molar-refractivity contribution in [1.82, 2.24) is 10.2 Å². The number of benzene rings is 1. The molecule has 0 atom stereocenters. The van der Waals surface area contributed by atoms with Gasteiger partial charge in [0.2, 0.25) is 0 Å². The molecule has 98 valence electrons. The van der Waals surface area contributed by atoms with Gasteiger partial charge in [-0.05, 0) is 6.92 Å². The first-order chi connectivity index (χ1) is 9.13. The van der Waals surface area contributed by atoms with Crippen molar-refractivity contribution in [3.8, 4) is 11.3 Å². The van der Waals surface area contributed by atoms with Crippen LogP contribution in [0.25, 0.3) is 11.3 Å². The Labute approximate surface area is 108 Å². The zero-order chi connectivity index (χ0) is 13.8. The third kappa shape index (κ3) is 2.59. The molecule has 0 bridgehead atoms. The number of aromatic amines is 1. The molecule has 0 radical (unpaired) electrons. The molecule has 7 nitrogen and oxygen atoms in total. The monoisotopic (exact) mass is 261 g/mol. The van der Waals surface area contributed by atoms with Crippen LogP contribution in [0.4, 0.5) is 5.69 Å². The molecule has 19 heavy (non-hydrogen) atoms. The first kappa shape index (κ1) is 12.7. The molecular formula is C12H11N3O4. The summed E-state index contributed by atoms with van der Waals surface area (Å²) in [7, 11) is 0. The molecule has 0 saturated carbocycles. The number of ether oxygens (including phenoxy) is 1. The number of nitrogens with one attached hydrogen (secondary N) is 1. The molecular weight excluding hydrogens is 250 g/mol. The first-order valence-electron chi connectivity index (χ1n) is 5.59. The zero-order valence-electron chi connectivity index (χ0n) is 10.1. The minimum atomic E-state index is -0.516. The number of aromatic nitrogens is 2. The second kappa shape index (κ2) is 5.30. The summed E-state index contributed by atoms with van der Waals surface area (Å²) < 4.78 is 4.89. The van der Waals surface area contributed by atoms with E-state index in [0.717, 1.165) is 0 Å². The maximum atomic E-state index is 11.7. The Bertz CT molecular complexity index is 621. The molecule has 0 saturated heterocycles. The van der Waals surface area contributed by atoms with E-state index in [1.165, 1.54) is 24.4 Å². The third-order valence-electron chi connectivity index (χ3n) is 2.47. The van der Waals surface area contributed by atoms with E-state index >= 15 is 0 Å². The Kier molecular flexibility index (Phi) is 3.56. The van der Waals surface area contributed by atoms with Gasteiger partial charge in [0.05, 0.1) is 11.5 Å². The quantitative estimate of drug-likeness (QED) is 0.516. The predicted octanol–water partition coefficient (Wildman–Crippen LogP) is 2.16. The van der Waals surface area contributed by atoms with Crippen molar-refractivity contribution in [2.45, 2.75) is 6.92 Å². The molecule has 1 heterocycles. The SMILES string of the molecule is CCOC(=O)c1c[nH]nc1-c1cccc([N+](=O)[O-])c1. The molecule has 0 unspecified atom stereocenters. The van der Waals surface area contributed by atoms with E-state index in [1.807, 2.05) is 0 Å². The van der Waals surface area contributed by atoms with Gasteiger partial charge >= 0.3 is 5.97 Å². The fourth-order valence-electron chi connectivity index (χ4n) is 1.64. The van der Waals surface area contributed by atoms with Crippen molar-refractivity contribution in [3.05, 3.63) is 46.1 Å². The summed E-state index contributed by atoms with van der Waals surface area (Å²) in [5.74, 6) is -0.516. The van der Waals surface area contributed by atoms with E-state index in [-0.39, 0.29) is 17.9 Å². The number of carbonyl (C=O) groups excluding carboxylic acids is 1. The number of hydrogen-bond donors (Lipinski definition) is 1. The van der Waals surface area contributed by atoms with E-state index in [2.05, 4.69) is 10.2 Å². The summed E-state index contributed by atoms with van der Waals surface area (Å²) in [6, 6.07) is 5.92. The summed E-state index contributed by atoms with van der Waals surface area (Å²) in [5.41, 5.74) is 1.01. The van der Waals surface area contributed by atoms with Crippen LogP contribution in [-0.2, 0) is 4.74 Å². The highest BCUT2D eigenvalue weighted by Crippen LogP contribution is 2.25. The van der Waals surface area contributed by atoms with Gasteiger partial charge in [-0.2, -0.15) is 5.10 Å². The Morgan fingerprint density at radius 3 is 3.00 bits per heavy atom. The van der Waals surface area contributed by atoms with Gasteiger partial charge in [0.25, 0.3) is 5.69 Å². The average molecular weight is 261 g/mol. The predicted molar refractivity (Wildman–Crippen MR) is 66.6 cm³/mol. The zero-order valence-corrected chi connectivity index (χ0v) is 10.1. The molecule has 0 aliphatic heterocycles. The van der Waals surface area contributed by atoms with Crippen LogP contribution in [0.1, 0.15) is 17.3 Å². The number of nitro benzene ring substituents is 1. The van der Waals surface area contributed by atoms with Crippen LogP contribution < -0.4 is 0 Å². The third-order valence-corrected chi connectivity index (χ3v) is 2.47. The maximum Gasteiger partial charge on any atom is 0.341 e. The van der Waals surface area contributed by atoms with E-state index < -0.39 is 10.9 Å². The van der Waals surface area contributed by atoms with E-state index in [9.17, 15) is 14.9 Å². The minimum Gasteiger partial charge on any atom is -0.462 e. The molecule has 1 aromatic carbocycles. The number of H-pyrrole nitrogens is 1. The largest absolute Gasteiger partial charge is 0.462 e. The summed E-state index contributed by atoms with van der Waals surface area (Å²) in [5, 5.41) is 17.2.